The third-order valence-electron chi connectivity index (χ3n) is 5.25. The smallest absolute Gasteiger partial charge is 0.271 e. The highest BCUT2D eigenvalue weighted by Gasteiger charge is 2.20. The van der Waals surface area contributed by atoms with Gasteiger partial charge >= 0.3 is 0 Å². The number of ether oxygens (including phenoxy) is 4. The number of hydrogen-bond acceptors (Lipinski definition) is 9. The number of nitrogens with one attached hydrogen (secondary N) is 1. The molecule has 2 heterocycles. The minimum atomic E-state index is -0.408. The summed E-state index contributed by atoms with van der Waals surface area (Å²) in [5.41, 5.74) is 4.71. The van der Waals surface area contributed by atoms with Crippen LogP contribution in [-0.2, 0) is 4.74 Å². The highest BCUT2D eigenvalue weighted by molar-refractivity contribution is 7.17. The molecule has 2 aromatic carbocycles. The maximum Gasteiger partial charge on any atom is 0.271 e. The summed E-state index contributed by atoms with van der Waals surface area (Å²) < 4.78 is 21.4. The number of nitrogens with zero attached hydrogens (tertiary/aromatic N) is 3. The summed E-state index contributed by atoms with van der Waals surface area (Å²) in [5.74, 6) is 0.785. The first kappa shape index (κ1) is 23.5. The van der Waals surface area contributed by atoms with Crippen LogP contribution in [0, 0.1) is 0 Å². The number of rotatable bonds is 8. The molecule has 0 radical (unpaired) electrons. The van der Waals surface area contributed by atoms with Gasteiger partial charge in [-0.3, -0.25) is 4.79 Å². The maximum absolute atomic E-state index is 12.8. The van der Waals surface area contributed by atoms with Gasteiger partial charge in [0.1, 0.15) is 0 Å². The number of carbonyl (C=O) groups excluding carboxylic acids is 1. The first-order chi connectivity index (χ1) is 16.6. The third kappa shape index (κ3) is 5.13. The number of amides is 1. The van der Waals surface area contributed by atoms with E-state index in [0.29, 0.717) is 36.0 Å². The van der Waals surface area contributed by atoms with Crippen LogP contribution in [0.3, 0.4) is 0 Å². The summed E-state index contributed by atoms with van der Waals surface area (Å²) >= 11 is 1.53. The first-order valence-electron chi connectivity index (χ1n) is 10.7. The second kappa shape index (κ2) is 11.0. The van der Waals surface area contributed by atoms with E-state index in [1.54, 1.807) is 18.3 Å². The van der Waals surface area contributed by atoms with E-state index in [0.717, 1.165) is 34.4 Å². The molecular weight excluding hydrogens is 456 g/mol. The second-order valence-corrected chi connectivity index (χ2v) is 8.30. The first-order valence-corrected chi connectivity index (χ1v) is 11.5. The molecule has 0 atom stereocenters. The van der Waals surface area contributed by atoms with Crippen LogP contribution < -0.4 is 24.5 Å². The molecule has 1 N–H and O–H groups in total. The molecule has 10 heteroatoms. The second-order valence-electron chi connectivity index (χ2n) is 7.29. The zero-order valence-electron chi connectivity index (χ0n) is 19.2. The molecule has 9 nitrogen and oxygen atoms in total. The number of methoxy groups -OCH3 is 3. The number of anilines is 1. The summed E-state index contributed by atoms with van der Waals surface area (Å²) in [4.78, 5) is 20.7. The van der Waals surface area contributed by atoms with Crippen molar-refractivity contribution in [1.82, 2.24) is 10.4 Å². The van der Waals surface area contributed by atoms with Crippen molar-refractivity contribution in [1.29, 1.82) is 0 Å². The van der Waals surface area contributed by atoms with Gasteiger partial charge in [0, 0.05) is 24.2 Å². The Morgan fingerprint density at radius 3 is 2.38 bits per heavy atom. The lowest BCUT2D eigenvalue weighted by molar-refractivity contribution is 0.0954. The number of aromatic nitrogens is 1. The van der Waals surface area contributed by atoms with Gasteiger partial charge in [-0.15, -0.1) is 0 Å². The molecule has 4 rings (SSSR count). The summed E-state index contributed by atoms with van der Waals surface area (Å²) in [7, 11) is 4.51. The van der Waals surface area contributed by atoms with Gasteiger partial charge in [0.05, 0.1) is 51.3 Å². The highest BCUT2D eigenvalue weighted by Crippen LogP contribution is 2.38. The minimum absolute atomic E-state index is 0.327. The fourth-order valence-electron chi connectivity index (χ4n) is 3.53. The average molecular weight is 483 g/mol. The fourth-order valence-corrected chi connectivity index (χ4v) is 4.54. The Morgan fingerprint density at radius 1 is 1.09 bits per heavy atom. The van der Waals surface area contributed by atoms with Gasteiger partial charge in [-0.2, -0.15) is 5.10 Å². The molecular formula is C24H26N4O5S. The van der Waals surface area contributed by atoms with E-state index in [9.17, 15) is 4.79 Å². The molecule has 1 saturated heterocycles. The van der Waals surface area contributed by atoms with Gasteiger partial charge in [-0.1, -0.05) is 41.7 Å². The van der Waals surface area contributed by atoms with Gasteiger partial charge in [-0.25, -0.2) is 10.4 Å². The lowest BCUT2D eigenvalue weighted by atomic mass is 10.1. The Hall–Kier alpha value is -3.63. The van der Waals surface area contributed by atoms with Crippen LogP contribution in [0.5, 0.6) is 17.2 Å². The van der Waals surface area contributed by atoms with Gasteiger partial charge in [0.2, 0.25) is 5.75 Å². The van der Waals surface area contributed by atoms with E-state index in [2.05, 4.69) is 15.4 Å². The molecule has 0 spiro atoms. The minimum Gasteiger partial charge on any atom is -0.493 e. The van der Waals surface area contributed by atoms with E-state index in [1.807, 2.05) is 30.3 Å². The molecule has 1 aliphatic heterocycles. The van der Waals surface area contributed by atoms with E-state index in [-0.39, 0.29) is 0 Å². The van der Waals surface area contributed by atoms with Crippen molar-refractivity contribution in [2.75, 3.05) is 52.5 Å². The van der Waals surface area contributed by atoms with Crippen molar-refractivity contribution in [3.05, 3.63) is 52.9 Å². The number of benzene rings is 2. The molecule has 178 valence electrons. The summed E-state index contributed by atoms with van der Waals surface area (Å²) in [5, 5.41) is 5.11. The quantitative estimate of drug-likeness (QED) is 0.388. The summed E-state index contributed by atoms with van der Waals surface area (Å²) in [6, 6.07) is 13.1. The Bertz CT molecular complexity index is 1130. The highest BCUT2D eigenvalue weighted by atomic mass is 32.1. The Labute approximate surface area is 201 Å². The number of hydrazone groups is 1. The number of thiazole rings is 1. The van der Waals surface area contributed by atoms with Crippen molar-refractivity contribution in [3.8, 4) is 28.5 Å². The molecule has 1 fully saturated rings. The predicted octanol–water partition coefficient (Wildman–Crippen LogP) is 3.44. The molecule has 1 aromatic heterocycles. The van der Waals surface area contributed by atoms with Gasteiger partial charge in [0.25, 0.3) is 5.91 Å². The van der Waals surface area contributed by atoms with Gasteiger partial charge < -0.3 is 23.8 Å². The van der Waals surface area contributed by atoms with Crippen molar-refractivity contribution in [2.24, 2.45) is 5.10 Å². The standard InChI is InChI=1S/C24H26N4O5S/c1-30-18-13-17(14-19(31-2)22(18)32-3)23(29)27-25-15-20-21(16-7-5-4-6-8-16)26-24(34-20)28-9-11-33-12-10-28/h4-8,13-15H,9-12H2,1-3H3,(H,27,29). The Morgan fingerprint density at radius 2 is 1.76 bits per heavy atom. The van der Waals surface area contributed by atoms with Crippen LogP contribution in [0.1, 0.15) is 15.2 Å². The molecule has 3 aromatic rings. The predicted molar refractivity (Wildman–Crippen MR) is 132 cm³/mol. The van der Waals surface area contributed by atoms with Crippen molar-refractivity contribution < 1.29 is 23.7 Å². The SMILES string of the molecule is COc1cc(C(=O)NN=Cc2sc(N3CCOCC3)nc2-c2ccccc2)cc(OC)c1OC. The number of hydrogen-bond donors (Lipinski definition) is 1. The topological polar surface area (TPSA) is 94.5 Å². The summed E-state index contributed by atoms with van der Waals surface area (Å²) in [6.45, 7) is 2.93. The maximum atomic E-state index is 12.8. The number of morpholine rings is 1. The number of carbonyl (C=O) groups is 1. The lowest BCUT2D eigenvalue weighted by Gasteiger charge is -2.26. The zero-order valence-corrected chi connectivity index (χ0v) is 20.1. The van der Waals surface area contributed by atoms with Crippen LogP contribution in [-0.4, -0.2) is 64.7 Å². The van der Waals surface area contributed by atoms with Crippen LogP contribution in [0.2, 0.25) is 0 Å². The fraction of sp³-hybridized carbons (Fsp3) is 0.292. The third-order valence-corrected chi connectivity index (χ3v) is 6.30. The average Bonchev–Trinajstić information content (AvgIpc) is 3.32. The van der Waals surface area contributed by atoms with Crippen molar-refractivity contribution >= 4 is 28.6 Å². The molecule has 0 bridgehead atoms. The van der Waals surface area contributed by atoms with Crippen LogP contribution in [0.4, 0.5) is 5.13 Å². The van der Waals surface area contributed by atoms with Crippen molar-refractivity contribution in [3.63, 3.8) is 0 Å². The van der Waals surface area contributed by atoms with Crippen LogP contribution in [0.25, 0.3) is 11.3 Å². The molecule has 34 heavy (non-hydrogen) atoms. The Kier molecular flexibility index (Phi) is 7.61. The zero-order chi connectivity index (χ0) is 23.9. The van der Waals surface area contributed by atoms with Crippen LogP contribution in [0.15, 0.2) is 47.6 Å². The largest absolute Gasteiger partial charge is 0.493 e. The summed E-state index contributed by atoms with van der Waals surface area (Å²) in [6.07, 6.45) is 1.62. The van der Waals surface area contributed by atoms with Gasteiger partial charge in [0.15, 0.2) is 16.6 Å². The van der Waals surface area contributed by atoms with E-state index in [1.165, 1.54) is 32.7 Å². The van der Waals surface area contributed by atoms with Crippen LogP contribution >= 0.6 is 11.3 Å². The Balaban J connectivity index is 1.57. The molecule has 0 saturated carbocycles. The normalized spacial score (nSPS) is 13.7. The van der Waals surface area contributed by atoms with Gasteiger partial charge in [-0.05, 0) is 12.1 Å². The molecule has 0 unspecified atom stereocenters. The van der Waals surface area contributed by atoms with Crippen molar-refractivity contribution in [2.45, 2.75) is 0 Å². The molecule has 1 amide bonds. The van der Waals surface area contributed by atoms with E-state index < -0.39 is 5.91 Å². The van der Waals surface area contributed by atoms with E-state index >= 15 is 0 Å². The van der Waals surface area contributed by atoms with E-state index in [4.69, 9.17) is 23.9 Å². The lowest BCUT2D eigenvalue weighted by Crippen LogP contribution is -2.36. The molecule has 1 aliphatic rings. The molecule has 0 aliphatic carbocycles. The monoisotopic (exact) mass is 482 g/mol.